The van der Waals surface area contributed by atoms with E-state index in [0.29, 0.717) is 23.3 Å². The van der Waals surface area contributed by atoms with Crippen LogP contribution in [0.4, 0.5) is 10.5 Å². The first-order valence-corrected chi connectivity index (χ1v) is 17.8. The lowest BCUT2D eigenvalue weighted by atomic mass is 9.45. The Labute approximate surface area is 301 Å². The van der Waals surface area contributed by atoms with Crippen LogP contribution in [0.3, 0.4) is 0 Å². The fourth-order valence-electron chi connectivity index (χ4n) is 8.56. The van der Waals surface area contributed by atoms with E-state index >= 15 is 0 Å². The molecule has 6 rings (SSSR count). The van der Waals surface area contributed by atoms with Gasteiger partial charge in [-0.2, -0.15) is 5.06 Å². The van der Waals surface area contributed by atoms with Crippen LogP contribution >= 0.6 is 0 Å². The second-order valence-electron chi connectivity index (χ2n) is 15.5. The van der Waals surface area contributed by atoms with Crippen LogP contribution in [0.15, 0.2) is 41.5 Å². The molecular formula is C38H54N8O5. The lowest BCUT2D eigenvalue weighted by molar-refractivity contribution is -0.175. The maximum absolute atomic E-state index is 14.6. The van der Waals surface area contributed by atoms with Crippen molar-refractivity contribution in [3.63, 3.8) is 0 Å². The molecule has 0 unspecified atom stereocenters. The molecule has 0 aromatic heterocycles. The van der Waals surface area contributed by atoms with Crippen molar-refractivity contribution in [2.24, 2.45) is 34.2 Å². The standard InChI is InChI=1S/C38H54N8O5/c1-21-24(12-11-13-29(21)25-14-26(35(47)40-6)16-28(15-25)44(7)8)20-46-34(36(48)42-31-18-27-17-30(22(31)2)38(27,4)5)33(32(51-46)19-41-43-39)23(3)50-37(49)45(9)10/h11-16,22-23,27,30-34H,17-20H2,1-10H3,(H,40,47)(H,42,48)/t22-,23+,27+,30-,31-,32-,33+,34-/m0/s1. The van der Waals surface area contributed by atoms with E-state index in [2.05, 4.69) is 41.4 Å². The first-order chi connectivity index (χ1) is 24.1. The van der Waals surface area contributed by atoms with Crippen molar-refractivity contribution in [1.82, 2.24) is 20.6 Å². The van der Waals surface area contributed by atoms with Gasteiger partial charge in [-0.25, -0.2) is 4.79 Å². The highest BCUT2D eigenvalue weighted by Gasteiger charge is 2.57. The van der Waals surface area contributed by atoms with Crippen LogP contribution in [0.1, 0.15) is 62.0 Å². The summed E-state index contributed by atoms with van der Waals surface area (Å²) in [6.07, 6.45) is 0.108. The Hall–Kier alpha value is -4.32. The van der Waals surface area contributed by atoms with Crippen molar-refractivity contribution in [3.8, 4) is 11.1 Å². The molecule has 13 nitrogen and oxygen atoms in total. The minimum atomic E-state index is -0.840. The quantitative estimate of drug-likeness (QED) is 0.171. The number of azide groups is 1. The van der Waals surface area contributed by atoms with Crippen molar-refractivity contribution < 1.29 is 24.0 Å². The molecule has 1 saturated heterocycles. The number of hydrogen-bond donors (Lipinski definition) is 2. The molecule has 2 aromatic rings. The highest BCUT2D eigenvalue weighted by atomic mass is 16.7. The van der Waals surface area contributed by atoms with Crippen molar-refractivity contribution >= 4 is 23.6 Å². The van der Waals surface area contributed by atoms with Gasteiger partial charge in [0.25, 0.3) is 5.91 Å². The van der Waals surface area contributed by atoms with Gasteiger partial charge in [0.2, 0.25) is 5.91 Å². The maximum atomic E-state index is 14.6. The van der Waals surface area contributed by atoms with Gasteiger partial charge in [-0.1, -0.05) is 44.1 Å². The summed E-state index contributed by atoms with van der Waals surface area (Å²) >= 11 is 0. The first-order valence-electron chi connectivity index (χ1n) is 17.8. The van der Waals surface area contributed by atoms with Gasteiger partial charge in [-0.15, -0.1) is 0 Å². The van der Waals surface area contributed by atoms with Crippen LogP contribution in [0.25, 0.3) is 21.6 Å². The average molecular weight is 703 g/mol. The van der Waals surface area contributed by atoms with Gasteiger partial charge in [0.1, 0.15) is 12.1 Å². The van der Waals surface area contributed by atoms with Crippen molar-refractivity contribution in [3.05, 3.63) is 63.5 Å². The lowest BCUT2D eigenvalue weighted by Gasteiger charge is -2.62. The van der Waals surface area contributed by atoms with E-state index in [4.69, 9.17) is 9.57 Å². The summed E-state index contributed by atoms with van der Waals surface area (Å²) in [5, 5.41) is 11.6. The fourth-order valence-corrected chi connectivity index (χ4v) is 8.56. The maximum Gasteiger partial charge on any atom is 0.409 e. The molecule has 3 aliphatic carbocycles. The van der Waals surface area contributed by atoms with Crippen LogP contribution in [-0.2, 0) is 20.9 Å². The zero-order valence-corrected chi connectivity index (χ0v) is 31.6. The summed E-state index contributed by atoms with van der Waals surface area (Å²) in [5.41, 5.74) is 14.6. The van der Waals surface area contributed by atoms with Gasteiger partial charge in [0.05, 0.1) is 25.1 Å². The predicted octanol–water partition coefficient (Wildman–Crippen LogP) is 5.77. The third-order valence-corrected chi connectivity index (χ3v) is 11.9. The number of hydroxylamine groups is 2. The van der Waals surface area contributed by atoms with E-state index in [-0.39, 0.29) is 36.4 Å². The zero-order chi connectivity index (χ0) is 37.4. The van der Waals surface area contributed by atoms with Gasteiger partial charge in [-0.05, 0) is 95.8 Å². The molecule has 276 valence electrons. The number of nitrogens with zero attached hydrogens (tertiary/aromatic N) is 6. The number of amides is 3. The van der Waals surface area contributed by atoms with Crippen LogP contribution in [-0.4, -0.2) is 93.9 Å². The van der Waals surface area contributed by atoms with Gasteiger partial charge in [0, 0.05) is 57.4 Å². The third-order valence-electron chi connectivity index (χ3n) is 11.9. The summed E-state index contributed by atoms with van der Waals surface area (Å²) in [6, 6.07) is 10.9. The summed E-state index contributed by atoms with van der Waals surface area (Å²) < 4.78 is 5.85. The zero-order valence-electron chi connectivity index (χ0n) is 31.6. The minimum absolute atomic E-state index is 0.0103. The van der Waals surface area contributed by atoms with Gasteiger partial charge in [0.15, 0.2) is 0 Å². The number of nitrogens with one attached hydrogen (secondary N) is 2. The Kier molecular flexibility index (Phi) is 11.2. The number of benzene rings is 2. The summed E-state index contributed by atoms with van der Waals surface area (Å²) in [5.74, 6) is 0.389. The number of fused-ring (bicyclic) bond motifs is 2. The number of carbonyl (C=O) groups is 3. The molecule has 0 radical (unpaired) electrons. The second-order valence-corrected chi connectivity index (χ2v) is 15.5. The number of hydrogen-bond acceptors (Lipinski definition) is 8. The second kappa shape index (κ2) is 15.1. The summed E-state index contributed by atoms with van der Waals surface area (Å²) in [7, 11) is 8.69. The average Bonchev–Trinajstić information content (AvgIpc) is 3.46. The lowest BCUT2D eigenvalue weighted by Crippen LogP contribution is -2.62. The van der Waals surface area contributed by atoms with Crippen molar-refractivity contribution in [1.29, 1.82) is 0 Å². The van der Waals surface area contributed by atoms with Crippen LogP contribution in [0.2, 0.25) is 0 Å². The SMILES string of the molecule is CNC(=O)c1cc(-c2cccc(CN3O[C@@H](CN=[N+]=[N-])[C@@H]([C@@H](C)OC(=O)N(C)C)[C@H]3C(=O)N[C@H]3C[C@H]4C[C@@H]([C@@H]3C)C4(C)C)c2C)cc(N(C)C)c1. The van der Waals surface area contributed by atoms with E-state index in [1.165, 1.54) is 11.3 Å². The Balaban J connectivity index is 1.51. The largest absolute Gasteiger partial charge is 0.446 e. The van der Waals surface area contributed by atoms with Crippen molar-refractivity contribution in [2.75, 3.05) is 46.7 Å². The molecule has 4 aliphatic rings. The molecule has 4 fully saturated rings. The van der Waals surface area contributed by atoms with Gasteiger partial charge >= 0.3 is 6.09 Å². The molecule has 3 saturated carbocycles. The molecule has 3 amide bonds. The first kappa shape index (κ1) is 37.9. The number of ether oxygens (including phenoxy) is 1. The number of anilines is 1. The Bertz CT molecular complexity index is 1690. The van der Waals surface area contributed by atoms with E-state index in [1.807, 2.05) is 62.3 Å². The molecular weight excluding hydrogens is 648 g/mol. The Morgan fingerprint density at radius 2 is 1.88 bits per heavy atom. The molecule has 8 atom stereocenters. The number of rotatable bonds is 11. The minimum Gasteiger partial charge on any atom is -0.446 e. The Morgan fingerprint density at radius 1 is 1.16 bits per heavy atom. The van der Waals surface area contributed by atoms with E-state index in [9.17, 15) is 19.9 Å². The van der Waals surface area contributed by atoms with Crippen LogP contribution in [0, 0.1) is 36.0 Å². The third kappa shape index (κ3) is 7.52. The topological polar surface area (TPSA) is 152 Å². The van der Waals surface area contributed by atoms with E-state index in [1.54, 1.807) is 33.1 Å². The molecule has 0 spiro atoms. The number of carbonyl (C=O) groups excluding carboxylic acids is 3. The highest BCUT2D eigenvalue weighted by molar-refractivity contribution is 5.96. The molecule has 13 heteroatoms. The normalized spacial score (nSPS) is 27.0. The summed E-state index contributed by atoms with van der Waals surface area (Å²) in [4.78, 5) is 52.8. The summed E-state index contributed by atoms with van der Waals surface area (Å²) in [6.45, 7) is 10.9. The fraction of sp³-hybridized carbons (Fsp3) is 0.605. The smallest absolute Gasteiger partial charge is 0.409 e. The predicted molar refractivity (Wildman–Crippen MR) is 197 cm³/mol. The van der Waals surface area contributed by atoms with E-state index in [0.717, 1.165) is 34.4 Å². The van der Waals surface area contributed by atoms with Gasteiger partial charge in [-0.3, -0.25) is 14.4 Å². The van der Waals surface area contributed by atoms with Crippen LogP contribution < -0.4 is 15.5 Å². The molecule has 1 aliphatic heterocycles. The molecule has 2 N–H and O–H groups in total. The van der Waals surface area contributed by atoms with Crippen LogP contribution in [0.5, 0.6) is 0 Å². The highest BCUT2D eigenvalue weighted by Crippen LogP contribution is 2.61. The molecule has 1 heterocycles. The van der Waals surface area contributed by atoms with Gasteiger partial charge < -0.3 is 25.2 Å². The van der Waals surface area contributed by atoms with Crippen molar-refractivity contribution in [2.45, 2.75) is 78.3 Å². The monoisotopic (exact) mass is 702 g/mol. The molecule has 51 heavy (non-hydrogen) atoms. The van der Waals surface area contributed by atoms with E-state index < -0.39 is 30.3 Å². The molecule has 2 aromatic carbocycles. The Morgan fingerprint density at radius 3 is 2.49 bits per heavy atom. The molecule has 2 bridgehead atoms.